The van der Waals surface area contributed by atoms with E-state index in [4.69, 9.17) is 0 Å². The Morgan fingerprint density at radius 2 is 1.58 bits per heavy atom. The van der Waals surface area contributed by atoms with Crippen molar-refractivity contribution < 1.29 is 15.0 Å². The molecule has 3 unspecified atom stereocenters. The van der Waals surface area contributed by atoms with Crippen molar-refractivity contribution in [2.45, 2.75) is 84.3 Å². The zero-order valence-corrected chi connectivity index (χ0v) is 15.5. The van der Waals surface area contributed by atoms with Gasteiger partial charge >= 0.3 is 0 Å². The lowest BCUT2D eigenvalue weighted by Gasteiger charge is -2.62. The smallest absolute Gasteiger partial charge is 0.133 e. The van der Waals surface area contributed by atoms with Gasteiger partial charge in [-0.1, -0.05) is 13.8 Å². The van der Waals surface area contributed by atoms with Gasteiger partial charge in [0.05, 0.1) is 12.2 Å². The highest BCUT2D eigenvalue weighted by Crippen LogP contribution is 2.67. The third-order valence-electron chi connectivity index (χ3n) is 9.15. The molecule has 0 amide bonds. The monoisotopic (exact) mass is 334 g/mol. The summed E-state index contributed by atoms with van der Waals surface area (Å²) in [6, 6.07) is 0. The molecule has 4 saturated carbocycles. The molecule has 3 nitrogen and oxygen atoms in total. The molecule has 0 heterocycles. The Balaban J connectivity index is 1.66. The first-order valence-corrected chi connectivity index (χ1v) is 10.1. The quantitative estimate of drug-likeness (QED) is 0.771. The van der Waals surface area contributed by atoms with Crippen LogP contribution in [0.15, 0.2) is 0 Å². The summed E-state index contributed by atoms with van der Waals surface area (Å²) in [5.41, 5.74) is 0.379. The van der Waals surface area contributed by atoms with Crippen LogP contribution in [0.1, 0.15) is 72.1 Å². The number of hydrogen-bond donors (Lipinski definition) is 2. The van der Waals surface area contributed by atoms with Crippen molar-refractivity contribution in [2.24, 2.45) is 40.4 Å². The molecule has 0 aromatic heterocycles. The van der Waals surface area contributed by atoms with Gasteiger partial charge in [0.25, 0.3) is 0 Å². The van der Waals surface area contributed by atoms with Gasteiger partial charge < -0.3 is 10.2 Å². The van der Waals surface area contributed by atoms with E-state index >= 15 is 0 Å². The zero-order chi connectivity index (χ0) is 17.3. The average Bonchev–Trinajstić information content (AvgIpc) is 2.86. The maximum atomic E-state index is 12.2. The standard InChI is InChI=1S/C21H34O3/c1-12(22)15-4-5-16-19-17(7-9-21(15,16)3)20(2)8-6-14(23)10-13(20)11-18(19)24/h13-19,23-24H,4-11H2,1-3H3/t13?,14?,15-,16+,17+,18?,19+,20+,21-/m1/s1. The van der Waals surface area contributed by atoms with Crippen molar-refractivity contribution in [1.29, 1.82) is 0 Å². The van der Waals surface area contributed by atoms with Crippen molar-refractivity contribution in [3.05, 3.63) is 0 Å². The lowest BCUT2D eigenvalue weighted by atomic mass is 9.44. The van der Waals surface area contributed by atoms with Crippen molar-refractivity contribution in [1.82, 2.24) is 0 Å². The molecule has 3 heteroatoms. The summed E-state index contributed by atoms with van der Waals surface area (Å²) >= 11 is 0. The average molecular weight is 335 g/mol. The summed E-state index contributed by atoms with van der Waals surface area (Å²) < 4.78 is 0. The molecule has 0 aromatic rings. The van der Waals surface area contributed by atoms with E-state index < -0.39 is 0 Å². The van der Waals surface area contributed by atoms with Crippen LogP contribution < -0.4 is 0 Å². The Bertz CT molecular complexity index is 531. The van der Waals surface area contributed by atoms with Crippen molar-refractivity contribution >= 4 is 5.78 Å². The largest absolute Gasteiger partial charge is 0.393 e. The Kier molecular flexibility index (Phi) is 3.93. The molecule has 24 heavy (non-hydrogen) atoms. The highest BCUT2D eigenvalue weighted by molar-refractivity contribution is 5.79. The van der Waals surface area contributed by atoms with Gasteiger partial charge in [-0.15, -0.1) is 0 Å². The predicted octanol–water partition coefficient (Wildman–Crippen LogP) is 3.57. The van der Waals surface area contributed by atoms with Crippen LogP contribution in [0.3, 0.4) is 0 Å². The molecular weight excluding hydrogens is 300 g/mol. The van der Waals surface area contributed by atoms with Gasteiger partial charge in [-0.25, -0.2) is 0 Å². The molecular formula is C21H34O3. The van der Waals surface area contributed by atoms with Gasteiger partial charge in [-0.3, -0.25) is 4.79 Å². The number of rotatable bonds is 1. The highest BCUT2D eigenvalue weighted by Gasteiger charge is 2.62. The van der Waals surface area contributed by atoms with Crippen LogP contribution in [0.2, 0.25) is 0 Å². The highest BCUT2D eigenvalue weighted by atomic mass is 16.3. The minimum atomic E-state index is -0.242. The molecule has 4 fully saturated rings. The van der Waals surface area contributed by atoms with Crippen LogP contribution in [0.5, 0.6) is 0 Å². The molecule has 0 aliphatic heterocycles. The minimum Gasteiger partial charge on any atom is -0.393 e. The van der Waals surface area contributed by atoms with Crippen LogP contribution >= 0.6 is 0 Å². The van der Waals surface area contributed by atoms with E-state index in [1.807, 2.05) is 0 Å². The predicted molar refractivity (Wildman–Crippen MR) is 93.3 cm³/mol. The molecule has 4 aliphatic carbocycles. The van der Waals surface area contributed by atoms with Crippen molar-refractivity contribution in [3.8, 4) is 0 Å². The topological polar surface area (TPSA) is 57.5 Å². The second kappa shape index (κ2) is 5.54. The Morgan fingerprint density at radius 3 is 2.29 bits per heavy atom. The molecule has 4 rings (SSSR count). The lowest BCUT2D eigenvalue weighted by Crippen LogP contribution is -2.58. The molecule has 0 spiro atoms. The van der Waals surface area contributed by atoms with Gasteiger partial charge in [0.2, 0.25) is 0 Å². The van der Waals surface area contributed by atoms with Gasteiger partial charge in [0.15, 0.2) is 0 Å². The van der Waals surface area contributed by atoms with E-state index in [2.05, 4.69) is 13.8 Å². The summed E-state index contributed by atoms with van der Waals surface area (Å²) in [6.07, 6.45) is 7.76. The summed E-state index contributed by atoms with van der Waals surface area (Å²) in [7, 11) is 0. The van der Waals surface area contributed by atoms with E-state index in [-0.39, 0.29) is 29.0 Å². The summed E-state index contributed by atoms with van der Waals surface area (Å²) in [6.45, 7) is 6.54. The van der Waals surface area contributed by atoms with Crippen LogP contribution in [-0.4, -0.2) is 28.2 Å². The van der Waals surface area contributed by atoms with Crippen LogP contribution in [-0.2, 0) is 4.79 Å². The molecule has 0 bridgehead atoms. The number of fused-ring (bicyclic) bond motifs is 5. The zero-order valence-electron chi connectivity index (χ0n) is 15.5. The molecule has 0 saturated heterocycles. The Hall–Kier alpha value is -0.410. The Morgan fingerprint density at radius 1 is 0.917 bits per heavy atom. The van der Waals surface area contributed by atoms with E-state index in [9.17, 15) is 15.0 Å². The summed E-state index contributed by atoms with van der Waals surface area (Å²) in [5, 5.41) is 21.2. The van der Waals surface area contributed by atoms with Crippen LogP contribution in [0.4, 0.5) is 0 Å². The van der Waals surface area contributed by atoms with Gasteiger partial charge in [-0.05, 0) is 92.8 Å². The molecule has 0 aromatic carbocycles. The SMILES string of the molecule is CC(=O)[C@H]1CC[C@H]2[C@@H]3C(O)CC4CC(O)CC[C@]4(C)[C@H]3CC[C@]12C. The molecule has 9 atom stereocenters. The number of Topliss-reactive ketones (excluding diaryl/α,β-unsaturated/α-hetero) is 1. The van der Waals surface area contributed by atoms with Crippen molar-refractivity contribution in [2.75, 3.05) is 0 Å². The summed E-state index contributed by atoms with van der Waals surface area (Å²) in [4.78, 5) is 12.2. The second-order valence-corrected chi connectivity index (χ2v) is 10.0. The number of aliphatic hydroxyl groups is 2. The number of hydrogen-bond acceptors (Lipinski definition) is 3. The summed E-state index contributed by atoms with van der Waals surface area (Å²) in [5.74, 6) is 2.46. The molecule has 0 radical (unpaired) electrons. The molecule has 136 valence electrons. The Labute approximate surface area is 146 Å². The first-order valence-electron chi connectivity index (χ1n) is 10.1. The lowest BCUT2D eigenvalue weighted by molar-refractivity contribution is -0.173. The van der Waals surface area contributed by atoms with E-state index in [0.29, 0.717) is 29.5 Å². The number of carbonyl (C=O) groups is 1. The molecule has 4 aliphatic rings. The first kappa shape index (κ1) is 17.0. The normalized spacial score (nSPS) is 57.0. The minimum absolute atomic E-state index is 0.103. The van der Waals surface area contributed by atoms with Crippen molar-refractivity contribution in [3.63, 3.8) is 0 Å². The molecule has 2 N–H and O–H groups in total. The van der Waals surface area contributed by atoms with Gasteiger partial charge in [0, 0.05) is 5.92 Å². The third kappa shape index (κ3) is 2.19. The first-order chi connectivity index (χ1) is 11.3. The van der Waals surface area contributed by atoms with Crippen LogP contribution in [0, 0.1) is 40.4 Å². The van der Waals surface area contributed by atoms with Crippen LogP contribution in [0.25, 0.3) is 0 Å². The van der Waals surface area contributed by atoms with E-state index in [0.717, 1.165) is 51.4 Å². The number of carbonyl (C=O) groups excluding carboxylic acids is 1. The van der Waals surface area contributed by atoms with Gasteiger partial charge in [0.1, 0.15) is 5.78 Å². The fourth-order valence-electron chi connectivity index (χ4n) is 7.87. The number of ketones is 1. The maximum Gasteiger partial charge on any atom is 0.133 e. The third-order valence-corrected chi connectivity index (χ3v) is 9.15. The van der Waals surface area contributed by atoms with Gasteiger partial charge in [-0.2, -0.15) is 0 Å². The van der Waals surface area contributed by atoms with E-state index in [1.165, 1.54) is 0 Å². The maximum absolute atomic E-state index is 12.2. The fraction of sp³-hybridized carbons (Fsp3) is 0.952. The van der Waals surface area contributed by atoms with E-state index in [1.54, 1.807) is 6.92 Å². The number of aliphatic hydroxyl groups excluding tert-OH is 2. The second-order valence-electron chi connectivity index (χ2n) is 10.0. The fourth-order valence-corrected chi connectivity index (χ4v) is 7.87.